The first-order valence-electron chi connectivity index (χ1n) is 4.92. The van der Waals surface area contributed by atoms with Gasteiger partial charge in [0.2, 0.25) is 0 Å². The third-order valence-electron chi connectivity index (χ3n) is 2.37. The summed E-state index contributed by atoms with van der Waals surface area (Å²) in [6, 6.07) is 0.365. The minimum absolute atomic E-state index is 0.0909. The van der Waals surface area contributed by atoms with E-state index in [1.807, 2.05) is 0 Å². The molecule has 0 bridgehead atoms. The van der Waals surface area contributed by atoms with E-state index in [0.717, 1.165) is 12.8 Å². The predicted molar refractivity (Wildman–Crippen MR) is 48.7 cm³/mol. The van der Waals surface area contributed by atoms with Crippen LogP contribution in [0.2, 0.25) is 0 Å². The van der Waals surface area contributed by atoms with E-state index >= 15 is 0 Å². The van der Waals surface area contributed by atoms with Crippen molar-refractivity contribution in [3.05, 3.63) is 0 Å². The summed E-state index contributed by atoms with van der Waals surface area (Å²) >= 11 is 0. The summed E-state index contributed by atoms with van der Waals surface area (Å²) < 4.78 is 44.5. The van der Waals surface area contributed by atoms with Gasteiger partial charge in [0.1, 0.15) is 6.61 Å². The molecule has 1 saturated carbocycles. The first-order chi connectivity index (χ1) is 7.01. The van der Waals surface area contributed by atoms with Crippen LogP contribution in [0.1, 0.15) is 12.8 Å². The molecular weight excluding hydrogens is 211 g/mol. The molecule has 0 saturated heterocycles. The van der Waals surface area contributed by atoms with Crippen molar-refractivity contribution in [2.75, 3.05) is 26.9 Å². The highest BCUT2D eigenvalue weighted by molar-refractivity contribution is 4.85. The lowest BCUT2D eigenvalue weighted by Crippen LogP contribution is -2.46. The maximum absolute atomic E-state index is 11.7. The Hall–Kier alpha value is -0.330. The molecule has 0 aromatic rings. The van der Waals surface area contributed by atoms with Crippen LogP contribution in [0.15, 0.2) is 0 Å². The third kappa shape index (κ3) is 5.34. The first-order valence-corrected chi connectivity index (χ1v) is 4.92. The van der Waals surface area contributed by atoms with E-state index in [2.05, 4.69) is 10.1 Å². The van der Waals surface area contributed by atoms with Crippen LogP contribution in [0.5, 0.6) is 0 Å². The monoisotopic (exact) mass is 227 g/mol. The van der Waals surface area contributed by atoms with E-state index in [1.54, 1.807) is 7.11 Å². The van der Waals surface area contributed by atoms with Gasteiger partial charge >= 0.3 is 6.18 Å². The fourth-order valence-corrected chi connectivity index (χ4v) is 1.45. The molecule has 1 aliphatic rings. The van der Waals surface area contributed by atoms with Crippen molar-refractivity contribution in [1.82, 2.24) is 5.32 Å². The van der Waals surface area contributed by atoms with Gasteiger partial charge < -0.3 is 14.8 Å². The Balaban J connectivity index is 1.86. The number of nitrogens with one attached hydrogen (secondary N) is 1. The zero-order valence-electron chi connectivity index (χ0n) is 8.64. The van der Waals surface area contributed by atoms with E-state index < -0.39 is 12.8 Å². The van der Waals surface area contributed by atoms with Crippen LogP contribution >= 0.6 is 0 Å². The molecule has 1 N–H and O–H groups in total. The van der Waals surface area contributed by atoms with Gasteiger partial charge in [-0.2, -0.15) is 13.2 Å². The summed E-state index contributed by atoms with van der Waals surface area (Å²) in [6.07, 6.45) is -2.07. The van der Waals surface area contributed by atoms with Gasteiger partial charge in [-0.15, -0.1) is 0 Å². The molecule has 0 heterocycles. The Morgan fingerprint density at radius 2 is 2.00 bits per heavy atom. The van der Waals surface area contributed by atoms with E-state index in [4.69, 9.17) is 4.74 Å². The summed E-state index contributed by atoms with van der Waals surface area (Å²) in [5.41, 5.74) is 0. The highest BCUT2D eigenvalue weighted by atomic mass is 19.4. The molecule has 0 atom stereocenters. The number of rotatable bonds is 6. The fourth-order valence-electron chi connectivity index (χ4n) is 1.45. The number of halogens is 3. The molecule has 0 aliphatic heterocycles. The fraction of sp³-hybridized carbons (Fsp3) is 1.00. The maximum atomic E-state index is 11.7. The number of alkyl halides is 3. The predicted octanol–water partition coefficient (Wildman–Crippen LogP) is 1.33. The largest absolute Gasteiger partial charge is 0.411 e. The maximum Gasteiger partial charge on any atom is 0.411 e. The molecular formula is C9H16F3NO2. The number of ether oxygens (including phenoxy) is 2. The molecule has 0 aromatic carbocycles. The second-order valence-corrected chi connectivity index (χ2v) is 3.65. The van der Waals surface area contributed by atoms with Gasteiger partial charge in [0.25, 0.3) is 0 Å². The highest BCUT2D eigenvalue weighted by Crippen LogP contribution is 2.22. The Morgan fingerprint density at radius 1 is 1.33 bits per heavy atom. The number of hydrogen-bond acceptors (Lipinski definition) is 3. The van der Waals surface area contributed by atoms with Crippen LogP contribution < -0.4 is 5.32 Å². The van der Waals surface area contributed by atoms with E-state index in [0.29, 0.717) is 18.7 Å². The lowest BCUT2D eigenvalue weighted by Gasteiger charge is -2.34. The normalized spacial score (nSPS) is 26.4. The molecule has 3 nitrogen and oxygen atoms in total. The molecule has 1 aliphatic carbocycles. The molecule has 0 aromatic heterocycles. The smallest absolute Gasteiger partial charge is 0.381 e. The summed E-state index contributed by atoms with van der Waals surface area (Å²) in [4.78, 5) is 0. The van der Waals surface area contributed by atoms with Crippen molar-refractivity contribution in [3.63, 3.8) is 0 Å². The van der Waals surface area contributed by atoms with Crippen LogP contribution in [0.3, 0.4) is 0 Å². The van der Waals surface area contributed by atoms with E-state index in [9.17, 15) is 13.2 Å². The van der Waals surface area contributed by atoms with Gasteiger partial charge in [0.15, 0.2) is 0 Å². The molecule has 0 radical (unpaired) electrons. The average molecular weight is 227 g/mol. The van der Waals surface area contributed by atoms with Crippen molar-refractivity contribution in [1.29, 1.82) is 0 Å². The van der Waals surface area contributed by atoms with Crippen LogP contribution in [-0.4, -0.2) is 45.2 Å². The van der Waals surface area contributed by atoms with Gasteiger partial charge in [0.05, 0.1) is 12.7 Å². The Morgan fingerprint density at radius 3 is 2.53 bits per heavy atom. The van der Waals surface area contributed by atoms with Crippen molar-refractivity contribution in [2.45, 2.75) is 31.2 Å². The molecule has 90 valence electrons. The molecule has 0 amide bonds. The Kier molecular flexibility index (Phi) is 4.82. The Bertz CT molecular complexity index is 181. The number of hydrogen-bond donors (Lipinski definition) is 1. The minimum Gasteiger partial charge on any atom is -0.381 e. The molecule has 1 fully saturated rings. The third-order valence-corrected chi connectivity index (χ3v) is 2.37. The minimum atomic E-state index is -4.22. The van der Waals surface area contributed by atoms with Crippen molar-refractivity contribution in [2.24, 2.45) is 0 Å². The average Bonchev–Trinajstić information content (AvgIpc) is 2.05. The standard InChI is InChI=1S/C9H16F3NO2/c1-14-8-4-7(5-8)13-2-3-15-6-9(10,11)12/h7-8,13H,2-6H2,1H3. The second-order valence-electron chi connectivity index (χ2n) is 3.65. The summed E-state index contributed by atoms with van der Waals surface area (Å²) in [5.74, 6) is 0. The summed E-state index contributed by atoms with van der Waals surface area (Å²) in [7, 11) is 1.66. The van der Waals surface area contributed by atoms with Crippen molar-refractivity contribution < 1.29 is 22.6 Å². The van der Waals surface area contributed by atoms with Gasteiger partial charge in [-0.1, -0.05) is 0 Å². The molecule has 1 rings (SSSR count). The van der Waals surface area contributed by atoms with Gasteiger partial charge in [-0.3, -0.25) is 0 Å². The molecule has 15 heavy (non-hydrogen) atoms. The van der Waals surface area contributed by atoms with Crippen molar-refractivity contribution in [3.8, 4) is 0 Å². The topological polar surface area (TPSA) is 30.5 Å². The van der Waals surface area contributed by atoms with Crippen LogP contribution in [0, 0.1) is 0 Å². The quantitative estimate of drug-likeness (QED) is 0.694. The zero-order valence-corrected chi connectivity index (χ0v) is 8.64. The first kappa shape index (κ1) is 12.7. The summed E-state index contributed by atoms with van der Waals surface area (Å²) in [6.45, 7) is -0.620. The van der Waals surface area contributed by atoms with E-state index in [1.165, 1.54) is 0 Å². The Labute approximate surface area is 86.9 Å². The zero-order chi connectivity index (χ0) is 11.3. The van der Waals surface area contributed by atoms with Gasteiger partial charge in [-0.25, -0.2) is 0 Å². The van der Waals surface area contributed by atoms with E-state index in [-0.39, 0.29) is 6.61 Å². The molecule has 0 unspecified atom stereocenters. The number of methoxy groups -OCH3 is 1. The molecule has 0 spiro atoms. The van der Waals surface area contributed by atoms with Crippen LogP contribution in [-0.2, 0) is 9.47 Å². The lowest BCUT2D eigenvalue weighted by molar-refractivity contribution is -0.173. The lowest BCUT2D eigenvalue weighted by atomic mass is 9.89. The summed E-state index contributed by atoms with van der Waals surface area (Å²) in [5, 5.41) is 3.10. The van der Waals surface area contributed by atoms with Crippen LogP contribution in [0.25, 0.3) is 0 Å². The van der Waals surface area contributed by atoms with Crippen LogP contribution in [0.4, 0.5) is 13.2 Å². The molecule has 6 heteroatoms. The second kappa shape index (κ2) is 5.67. The van der Waals surface area contributed by atoms with Gasteiger partial charge in [0, 0.05) is 19.7 Å². The van der Waals surface area contributed by atoms with Crippen molar-refractivity contribution >= 4 is 0 Å². The van der Waals surface area contributed by atoms with Gasteiger partial charge in [-0.05, 0) is 12.8 Å². The SMILES string of the molecule is COC1CC(NCCOCC(F)(F)F)C1. The highest BCUT2D eigenvalue weighted by Gasteiger charge is 2.29.